The van der Waals surface area contributed by atoms with Crippen LogP contribution in [0.3, 0.4) is 0 Å². The Morgan fingerprint density at radius 1 is 1.64 bits per heavy atom. The van der Waals surface area contributed by atoms with Crippen LogP contribution in [0.25, 0.3) is 0 Å². The van der Waals surface area contributed by atoms with Gasteiger partial charge in [0, 0.05) is 6.07 Å². The summed E-state index contributed by atoms with van der Waals surface area (Å²) in [6, 6.07) is 1.12. The van der Waals surface area contributed by atoms with E-state index >= 15 is 0 Å². The van der Waals surface area contributed by atoms with Crippen LogP contribution in [0.4, 0.5) is 14.5 Å². The van der Waals surface area contributed by atoms with Crippen molar-refractivity contribution in [2.45, 2.75) is 6.43 Å². The number of halogens is 4. The summed E-state index contributed by atoms with van der Waals surface area (Å²) in [6.07, 6.45) is -2.84. The van der Waals surface area contributed by atoms with Crippen LogP contribution in [-0.2, 0) is 0 Å². The molecule has 0 N–H and O–H groups in total. The molecule has 4 nitrogen and oxygen atoms in total. The predicted octanol–water partition coefficient (Wildman–Crippen LogP) is 3.29. The van der Waals surface area contributed by atoms with E-state index in [0.29, 0.717) is 0 Å². The summed E-state index contributed by atoms with van der Waals surface area (Å²) < 4.78 is 24.6. The lowest BCUT2D eigenvalue weighted by Gasteiger charge is -2.03. The molecule has 0 aliphatic carbocycles. The molecule has 1 rings (SSSR count). The first-order valence-corrected chi connectivity index (χ1v) is 5.09. The van der Waals surface area contributed by atoms with Crippen LogP contribution in [0.15, 0.2) is 10.5 Å². The van der Waals surface area contributed by atoms with Crippen molar-refractivity contribution in [1.29, 1.82) is 0 Å². The topological polar surface area (TPSA) is 56.0 Å². The van der Waals surface area contributed by atoms with Crippen molar-refractivity contribution >= 4 is 44.2 Å². The van der Waals surface area contributed by atoms with E-state index < -0.39 is 22.7 Å². The smallest absolute Gasteiger partial charge is 0.258 e. The largest absolute Gasteiger partial charge is 0.288 e. The normalized spacial score (nSPS) is 10.6. The molecule has 0 saturated carbocycles. The van der Waals surface area contributed by atoms with Crippen molar-refractivity contribution in [2.24, 2.45) is 0 Å². The molecule has 76 valence electrons. The summed E-state index contributed by atoms with van der Waals surface area (Å²) in [6.45, 7) is 0. The van der Waals surface area contributed by atoms with Crippen LogP contribution in [-0.4, -0.2) is 9.91 Å². The second-order valence-electron chi connectivity index (χ2n) is 2.22. The summed E-state index contributed by atoms with van der Waals surface area (Å²) in [5.74, 6) is 0. The maximum atomic E-state index is 12.3. The molecule has 0 fully saturated rings. The van der Waals surface area contributed by atoms with Crippen LogP contribution in [0, 0.1) is 13.8 Å². The Hall–Kier alpha value is -0.380. The monoisotopic (exact) mass is 378 g/mol. The summed E-state index contributed by atoms with van der Waals surface area (Å²) in [5, 5.41) is 10.4. The van der Waals surface area contributed by atoms with E-state index in [1.54, 1.807) is 22.6 Å². The van der Waals surface area contributed by atoms with Gasteiger partial charge in [-0.25, -0.2) is 13.8 Å². The SMILES string of the molecule is O=[N+]([O-])c1cc(I)nc(C(F)F)c1Br. The molecule has 1 aromatic heterocycles. The van der Waals surface area contributed by atoms with E-state index in [0.717, 1.165) is 6.07 Å². The number of pyridine rings is 1. The highest BCUT2D eigenvalue weighted by Gasteiger charge is 2.23. The fraction of sp³-hybridized carbons (Fsp3) is 0.167. The second kappa shape index (κ2) is 4.43. The van der Waals surface area contributed by atoms with Gasteiger partial charge in [0.05, 0.1) is 4.92 Å². The first-order valence-electron chi connectivity index (χ1n) is 3.22. The maximum Gasteiger partial charge on any atom is 0.288 e. The molecule has 1 heterocycles. The molecule has 0 aromatic carbocycles. The Labute approximate surface area is 99.1 Å². The van der Waals surface area contributed by atoms with Gasteiger partial charge >= 0.3 is 0 Å². The Balaban J connectivity index is 3.40. The fourth-order valence-corrected chi connectivity index (χ4v) is 1.86. The van der Waals surface area contributed by atoms with Gasteiger partial charge in [-0.2, -0.15) is 0 Å². The van der Waals surface area contributed by atoms with E-state index in [9.17, 15) is 18.9 Å². The Kier molecular flexibility index (Phi) is 3.70. The zero-order chi connectivity index (χ0) is 10.9. The molecule has 0 radical (unpaired) electrons. The zero-order valence-electron chi connectivity index (χ0n) is 6.38. The first kappa shape index (κ1) is 11.7. The number of hydrogen-bond acceptors (Lipinski definition) is 3. The minimum atomic E-state index is -2.84. The third-order valence-electron chi connectivity index (χ3n) is 1.34. The minimum absolute atomic E-state index is 0.160. The summed E-state index contributed by atoms with van der Waals surface area (Å²) >= 11 is 4.37. The number of nitro groups is 1. The number of hydrogen-bond donors (Lipinski definition) is 0. The molecular weight excluding hydrogens is 377 g/mol. The highest BCUT2D eigenvalue weighted by Crippen LogP contribution is 2.33. The average Bonchev–Trinajstić information content (AvgIpc) is 2.07. The lowest BCUT2D eigenvalue weighted by Crippen LogP contribution is -1.99. The van der Waals surface area contributed by atoms with Crippen LogP contribution in [0.1, 0.15) is 12.1 Å². The van der Waals surface area contributed by atoms with Crippen molar-refractivity contribution in [3.63, 3.8) is 0 Å². The average molecular weight is 379 g/mol. The van der Waals surface area contributed by atoms with Crippen molar-refractivity contribution < 1.29 is 13.7 Å². The summed E-state index contributed by atoms with van der Waals surface area (Å²) in [4.78, 5) is 13.2. The van der Waals surface area contributed by atoms with Crippen LogP contribution in [0.5, 0.6) is 0 Å². The van der Waals surface area contributed by atoms with Crippen molar-refractivity contribution in [1.82, 2.24) is 4.98 Å². The highest BCUT2D eigenvalue weighted by molar-refractivity contribution is 14.1. The lowest BCUT2D eigenvalue weighted by atomic mass is 10.3. The third-order valence-corrected chi connectivity index (χ3v) is 2.70. The fourth-order valence-electron chi connectivity index (χ4n) is 0.781. The van der Waals surface area contributed by atoms with Gasteiger partial charge in [-0.1, -0.05) is 0 Å². The Morgan fingerprint density at radius 3 is 2.64 bits per heavy atom. The van der Waals surface area contributed by atoms with Gasteiger partial charge in [-0.3, -0.25) is 10.1 Å². The number of aromatic nitrogens is 1. The van der Waals surface area contributed by atoms with Crippen LogP contribution >= 0.6 is 38.5 Å². The first-order chi connectivity index (χ1) is 6.43. The maximum absolute atomic E-state index is 12.3. The van der Waals surface area contributed by atoms with E-state index in [1.165, 1.54) is 0 Å². The molecule has 0 bridgehead atoms. The standard InChI is InChI=1S/C6H2BrF2IN2O2/c7-4-2(12(13)14)1-3(10)11-5(4)6(8)9/h1,6H. The van der Waals surface area contributed by atoms with Gasteiger partial charge in [-0.05, 0) is 38.5 Å². The van der Waals surface area contributed by atoms with Crippen molar-refractivity contribution in [3.8, 4) is 0 Å². The Bertz CT molecular complexity index is 388. The molecule has 14 heavy (non-hydrogen) atoms. The molecule has 0 spiro atoms. The van der Waals surface area contributed by atoms with Gasteiger partial charge < -0.3 is 0 Å². The van der Waals surface area contributed by atoms with Crippen LogP contribution < -0.4 is 0 Å². The number of rotatable bonds is 2. The van der Waals surface area contributed by atoms with E-state index in [1.807, 2.05) is 0 Å². The number of alkyl halides is 2. The van der Waals surface area contributed by atoms with Gasteiger partial charge in [0.2, 0.25) is 0 Å². The zero-order valence-corrected chi connectivity index (χ0v) is 10.1. The highest BCUT2D eigenvalue weighted by atomic mass is 127. The number of nitrogens with zero attached hydrogens (tertiary/aromatic N) is 2. The third kappa shape index (κ3) is 2.35. The minimum Gasteiger partial charge on any atom is -0.258 e. The molecule has 0 amide bonds. The molecule has 8 heteroatoms. The van der Waals surface area contributed by atoms with Crippen LogP contribution in [0.2, 0.25) is 0 Å². The van der Waals surface area contributed by atoms with E-state index in [4.69, 9.17) is 0 Å². The quantitative estimate of drug-likeness (QED) is 0.343. The van der Waals surface area contributed by atoms with E-state index in [2.05, 4.69) is 20.9 Å². The van der Waals surface area contributed by atoms with Gasteiger partial charge in [0.25, 0.3) is 12.1 Å². The van der Waals surface area contributed by atoms with Gasteiger partial charge in [0.15, 0.2) is 0 Å². The molecule has 1 aromatic rings. The lowest BCUT2D eigenvalue weighted by molar-refractivity contribution is -0.385. The Morgan fingerprint density at radius 2 is 2.21 bits per heavy atom. The molecular formula is C6H2BrF2IN2O2. The summed E-state index contributed by atoms with van der Waals surface area (Å²) in [7, 11) is 0. The molecule has 0 aliphatic heterocycles. The van der Waals surface area contributed by atoms with Crippen molar-refractivity contribution in [3.05, 3.63) is 30.0 Å². The van der Waals surface area contributed by atoms with E-state index in [-0.39, 0.29) is 8.17 Å². The molecule has 0 aliphatic rings. The molecule has 0 unspecified atom stereocenters. The van der Waals surface area contributed by atoms with Gasteiger partial charge in [0.1, 0.15) is 13.9 Å². The summed E-state index contributed by atoms with van der Waals surface area (Å²) in [5.41, 5.74) is -1.01. The molecule has 0 atom stereocenters. The van der Waals surface area contributed by atoms with Crippen molar-refractivity contribution in [2.75, 3.05) is 0 Å². The molecule has 0 saturated heterocycles. The van der Waals surface area contributed by atoms with Gasteiger partial charge in [-0.15, -0.1) is 0 Å². The predicted molar refractivity (Wildman–Crippen MR) is 56.3 cm³/mol. The second-order valence-corrected chi connectivity index (χ2v) is 4.12.